The summed E-state index contributed by atoms with van der Waals surface area (Å²) in [7, 11) is 0. The van der Waals surface area contributed by atoms with Crippen molar-refractivity contribution in [3.05, 3.63) is 90.5 Å². The lowest BCUT2D eigenvalue weighted by molar-refractivity contribution is 0.0341. The van der Waals surface area contributed by atoms with E-state index in [0.717, 1.165) is 70.5 Å². The number of hydrogen-bond donors (Lipinski definition) is 3. The number of nitrogens with one attached hydrogen (secondary N) is 3. The van der Waals surface area contributed by atoms with Crippen LogP contribution in [-0.4, -0.2) is 38.6 Å². The van der Waals surface area contributed by atoms with E-state index in [1.54, 1.807) is 17.1 Å². The van der Waals surface area contributed by atoms with Crippen LogP contribution in [-0.2, 0) is 10.2 Å². The van der Waals surface area contributed by atoms with Crippen LogP contribution in [0.25, 0.3) is 27.6 Å². The fourth-order valence-corrected chi connectivity index (χ4v) is 5.38. The van der Waals surface area contributed by atoms with Crippen molar-refractivity contribution in [3.8, 4) is 16.8 Å². The summed E-state index contributed by atoms with van der Waals surface area (Å²) in [5.74, 6) is 1.40. The molecule has 2 aromatic carbocycles. The van der Waals surface area contributed by atoms with Gasteiger partial charge in [-0.1, -0.05) is 51.1 Å². The van der Waals surface area contributed by atoms with Gasteiger partial charge < -0.3 is 15.4 Å². The highest BCUT2D eigenvalue weighted by Crippen LogP contribution is 2.35. The first-order valence-electron chi connectivity index (χ1n) is 14.7. The average molecular weight is 576 g/mol. The van der Waals surface area contributed by atoms with Crippen molar-refractivity contribution in [2.24, 2.45) is 0 Å². The van der Waals surface area contributed by atoms with Gasteiger partial charge in [0.05, 0.1) is 23.8 Å². The summed E-state index contributed by atoms with van der Waals surface area (Å²) in [6.07, 6.45) is 8.70. The van der Waals surface area contributed by atoms with Gasteiger partial charge in [0.25, 0.3) is 0 Å². The monoisotopic (exact) mass is 575 g/mol. The van der Waals surface area contributed by atoms with Gasteiger partial charge >= 0.3 is 6.03 Å². The fraction of sp³-hybridized carbons (Fsp3) is 0.294. The molecule has 0 radical (unpaired) electrons. The van der Waals surface area contributed by atoms with E-state index in [2.05, 4.69) is 63.9 Å². The first-order chi connectivity index (χ1) is 20.8. The summed E-state index contributed by atoms with van der Waals surface area (Å²) in [5.41, 5.74) is 5.10. The molecule has 1 aliphatic heterocycles. The lowest BCUT2D eigenvalue weighted by Crippen LogP contribution is -2.27. The molecule has 0 spiro atoms. The molecule has 0 bridgehead atoms. The van der Waals surface area contributed by atoms with Crippen molar-refractivity contribution in [2.75, 3.05) is 22.6 Å². The minimum atomic E-state index is -0.354. The molecular formula is C34H37N7O2. The highest BCUT2D eigenvalue weighted by molar-refractivity contribution is 6.09. The highest BCUT2D eigenvalue weighted by atomic mass is 16.5. The number of urea groups is 1. The molecule has 9 heteroatoms. The van der Waals surface area contributed by atoms with Crippen molar-refractivity contribution in [1.82, 2.24) is 19.7 Å². The third kappa shape index (κ3) is 6.22. The number of ether oxygens (including phenoxy) is 1. The molecule has 9 nitrogen and oxygen atoms in total. The number of nitrogens with zero attached hydrogens (tertiary/aromatic N) is 4. The zero-order chi connectivity index (χ0) is 30.0. The molecule has 5 aromatic rings. The molecular weight excluding hydrogens is 538 g/mol. The SMILES string of the molecule is Cc1ccc(-n2ncc(C(C)(C)C)c2NC(=O)Nc2ccc(-c3ccc(NC4CCCCO4)nc3)c3ccccc23)cn1. The Morgan fingerprint density at radius 1 is 0.907 bits per heavy atom. The Morgan fingerprint density at radius 2 is 1.74 bits per heavy atom. The van der Waals surface area contributed by atoms with Crippen LogP contribution in [0.15, 0.2) is 79.3 Å². The average Bonchev–Trinajstić information content (AvgIpc) is 3.43. The molecule has 1 fully saturated rings. The van der Waals surface area contributed by atoms with Crippen LogP contribution in [0.5, 0.6) is 0 Å². The van der Waals surface area contributed by atoms with Crippen LogP contribution in [0.2, 0.25) is 0 Å². The van der Waals surface area contributed by atoms with Gasteiger partial charge in [0.1, 0.15) is 17.9 Å². The van der Waals surface area contributed by atoms with Crippen LogP contribution in [0.1, 0.15) is 51.3 Å². The predicted octanol–water partition coefficient (Wildman–Crippen LogP) is 7.67. The van der Waals surface area contributed by atoms with E-state index in [0.29, 0.717) is 11.5 Å². The van der Waals surface area contributed by atoms with Gasteiger partial charge in [0, 0.05) is 35.0 Å². The number of rotatable bonds is 6. The molecule has 0 aliphatic carbocycles. The van der Waals surface area contributed by atoms with Crippen molar-refractivity contribution in [3.63, 3.8) is 0 Å². The smallest absolute Gasteiger partial charge is 0.324 e. The van der Waals surface area contributed by atoms with Crippen molar-refractivity contribution >= 4 is 34.1 Å². The summed E-state index contributed by atoms with van der Waals surface area (Å²) in [4.78, 5) is 22.6. The number of amides is 2. The summed E-state index contributed by atoms with van der Waals surface area (Å²) in [6.45, 7) is 9.01. The first kappa shape index (κ1) is 28.4. The second-order valence-corrected chi connectivity index (χ2v) is 11.9. The Balaban J connectivity index is 1.25. The Morgan fingerprint density at radius 3 is 2.44 bits per heavy atom. The molecule has 1 atom stereocenters. The molecule has 220 valence electrons. The van der Waals surface area contributed by atoms with Gasteiger partial charge in [-0.25, -0.2) is 14.5 Å². The Bertz CT molecular complexity index is 1730. The van der Waals surface area contributed by atoms with E-state index in [-0.39, 0.29) is 17.7 Å². The third-order valence-electron chi connectivity index (χ3n) is 7.68. The summed E-state index contributed by atoms with van der Waals surface area (Å²) < 4.78 is 7.51. The minimum Gasteiger partial charge on any atom is -0.359 e. The van der Waals surface area contributed by atoms with Crippen molar-refractivity contribution in [1.29, 1.82) is 0 Å². The highest BCUT2D eigenvalue weighted by Gasteiger charge is 2.25. The standard InChI is InChI=1S/C34H37N7O2/c1-22-12-14-24(20-35-22)41-32(28(21-37-41)34(2,3)4)40-33(42)38-29-16-15-25(26-9-5-6-10-27(26)29)23-13-17-30(36-19-23)39-31-11-7-8-18-43-31/h5-6,9-10,12-17,19-21,31H,7-8,11,18H2,1-4H3,(H,36,39)(H2,38,40,42). The van der Waals surface area contributed by atoms with Gasteiger partial charge in [-0.3, -0.25) is 10.3 Å². The molecule has 0 saturated carbocycles. The van der Waals surface area contributed by atoms with E-state index in [1.807, 2.05) is 61.7 Å². The zero-order valence-electron chi connectivity index (χ0n) is 25.0. The second kappa shape index (κ2) is 11.9. The maximum absolute atomic E-state index is 13.5. The molecule has 1 unspecified atom stereocenters. The van der Waals surface area contributed by atoms with E-state index in [9.17, 15) is 4.79 Å². The number of anilines is 3. The van der Waals surface area contributed by atoms with Gasteiger partial charge in [-0.15, -0.1) is 0 Å². The lowest BCUT2D eigenvalue weighted by Gasteiger charge is -2.24. The molecule has 1 saturated heterocycles. The molecule has 6 rings (SSSR count). The molecule has 3 aromatic heterocycles. The summed E-state index contributed by atoms with van der Waals surface area (Å²) in [5, 5.41) is 16.1. The van der Waals surface area contributed by atoms with Crippen LogP contribution in [0.4, 0.5) is 22.1 Å². The second-order valence-electron chi connectivity index (χ2n) is 11.9. The van der Waals surface area contributed by atoms with Crippen LogP contribution < -0.4 is 16.0 Å². The number of hydrogen-bond acceptors (Lipinski definition) is 6. The third-order valence-corrected chi connectivity index (χ3v) is 7.68. The van der Waals surface area contributed by atoms with E-state index in [1.165, 1.54) is 0 Å². The van der Waals surface area contributed by atoms with Crippen LogP contribution in [0.3, 0.4) is 0 Å². The Hall–Kier alpha value is -4.76. The quantitative estimate of drug-likeness (QED) is 0.192. The largest absolute Gasteiger partial charge is 0.359 e. The van der Waals surface area contributed by atoms with Crippen molar-refractivity contribution < 1.29 is 9.53 Å². The van der Waals surface area contributed by atoms with Crippen molar-refractivity contribution in [2.45, 2.75) is 58.6 Å². The predicted molar refractivity (Wildman–Crippen MR) is 172 cm³/mol. The Labute approximate surface area is 251 Å². The number of carbonyl (C=O) groups excluding carboxylic acids is 1. The summed E-state index contributed by atoms with van der Waals surface area (Å²) >= 11 is 0. The van der Waals surface area contributed by atoms with Crippen LogP contribution in [0, 0.1) is 6.92 Å². The number of pyridine rings is 2. The number of benzene rings is 2. The zero-order valence-corrected chi connectivity index (χ0v) is 25.0. The molecule has 3 N–H and O–H groups in total. The summed E-state index contributed by atoms with van der Waals surface area (Å²) in [6, 6.07) is 19.6. The molecule has 4 heterocycles. The van der Waals surface area contributed by atoms with E-state index >= 15 is 0 Å². The number of aromatic nitrogens is 4. The van der Waals surface area contributed by atoms with E-state index in [4.69, 9.17) is 4.74 Å². The number of carbonyl (C=O) groups is 1. The van der Waals surface area contributed by atoms with Gasteiger partial charge in [0.15, 0.2) is 0 Å². The maximum atomic E-state index is 13.5. The maximum Gasteiger partial charge on any atom is 0.324 e. The number of aryl methyl sites for hydroxylation is 1. The normalized spacial score (nSPS) is 15.3. The van der Waals surface area contributed by atoms with Gasteiger partial charge in [0.2, 0.25) is 0 Å². The minimum absolute atomic E-state index is 0.0103. The fourth-order valence-electron chi connectivity index (χ4n) is 5.38. The Kier molecular flexibility index (Phi) is 7.82. The molecule has 2 amide bonds. The topological polar surface area (TPSA) is 106 Å². The van der Waals surface area contributed by atoms with E-state index < -0.39 is 0 Å². The lowest BCUT2D eigenvalue weighted by atomic mass is 9.89. The molecule has 1 aliphatic rings. The molecule has 43 heavy (non-hydrogen) atoms. The van der Waals surface area contributed by atoms with Crippen LogP contribution >= 0.6 is 0 Å². The van der Waals surface area contributed by atoms with Gasteiger partial charge in [-0.05, 0) is 72.9 Å². The number of fused-ring (bicyclic) bond motifs is 1. The van der Waals surface area contributed by atoms with Gasteiger partial charge in [-0.2, -0.15) is 5.10 Å². The first-order valence-corrected chi connectivity index (χ1v) is 14.7.